The standard InChI is InChI=1S/C16H18N6O3/c1-9-19-7-11(16(23)24)15(21-9)22-12-6-4-5-10(13(12)25-3)14(17)20-8-18-2/h4-8H,1-3H3,(H,23,24)(H2,17,18,20)(H,19,21,22). The van der Waals surface area contributed by atoms with Crippen LogP contribution in [0.4, 0.5) is 11.5 Å². The van der Waals surface area contributed by atoms with Crippen molar-refractivity contribution < 1.29 is 14.6 Å². The molecule has 0 aliphatic heterocycles. The Kier molecular flexibility index (Phi) is 5.62. The second-order valence-corrected chi connectivity index (χ2v) is 4.88. The van der Waals surface area contributed by atoms with Gasteiger partial charge in [0.1, 0.15) is 29.4 Å². The number of hydrogen-bond acceptors (Lipinski definition) is 6. The van der Waals surface area contributed by atoms with Gasteiger partial charge < -0.3 is 20.9 Å². The Morgan fingerprint density at radius 1 is 1.40 bits per heavy atom. The molecule has 0 bridgehead atoms. The molecular formula is C16H18N6O3. The summed E-state index contributed by atoms with van der Waals surface area (Å²) in [5.41, 5.74) is 6.93. The van der Waals surface area contributed by atoms with E-state index in [0.717, 1.165) is 0 Å². The van der Waals surface area contributed by atoms with Gasteiger partial charge in [0.25, 0.3) is 0 Å². The summed E-state index contributed by atoms with van der Waals surface area (Å²) in [6, 6.07) is 5.18. The molecule has 0 saturated carbocycles. The third-order valence-corrected chi connectivity index (χ3v) is 3.20. The molecule has 0 unspecified atom stereocenters. The topological polar surface area (TPSA) is 135 Å². The third-order valence-electron chi connectivity index (χ3n) is 3.20. The minimum atomic E-state index is -1.14. The number of aromatic nitrogens is 2. The molecule has 0 fully saturated rings. The van der Waals surface area contributed by atoms with Crippen molar-refractivity contribution in [1.82, 2.24) is 9.97 Å². The van der Waals surface area contributed by atoms with Crippen LogP contribution in [0, 0.1) is 6.92 Å². The van der Waals surface area contributed by atoms with Gasteiger partial charge in [-0.1, -0.05) is 6.07 Å². The van der Waals surface area contributed by atoms with E-state index in [1.807, 2.05) is 0 Å². The predicted octanol–water partition coefficient (Wildman–Crippen LogP) is 1.60. The van der Waals surface area contributed by atoms with Gasteiger partial charge in [0, 0.05) is 13.2 Å². The third kappa shape index (κ3) is 4.08. The lowest BCUT2D eigenvalue weighted by molar-refractivity contribution is 0.0697. The monoisotopic (exact) mass is 342 g/mol. The average molecular weight is 342 g/mol. The highest BCUT2D eigenvalue weighted by molar-refractivity contribution is 6.05. The molecule has 4 N–H and O–H groups in total. The molecule has 9 nitrogen and oxygen atoms in total. The molecule has 0 aliphatic rings. The number of carboxylic acid groups (broad SMARTS) is 1. The number of ether oxygens (including phenoxy) is 1. The number of hydrogen-bond donors (Lipinski definition) is 3. The van der Waals surface area contributed by atoms with Gasteiger partial charge in [-0.05, 0) is 19.1 Å². The van der Waals surface area contributed by atoms with Gasteiger partial charge in [-0.15, -0.1) is 0 Å². The Bertz CT molecular complexity index is 848. The smallest absolute Gasteiger partial charge is 0.341 e. The Labute approximate surface area is 144 Å². The van der Waals surface area contributed by atoms with Gasteiger partial charge in [-0.3, -0.25) is 4.99 Å². The lowest BCUT2D eigenvalue weighted by Gasteiger charge is -2.15. The van der Waals surface area contributed by atoms with Gasteiger partial charge in [0.05, 0.1) is 18.4 Å². The zero-order valence-corrected chi connectivity index (χ0v) is 14.0. The van der Waals surface area contributed by atoms with Crippen molar-refractivity contribution in [3.63, 3.8) is 0 Å². The van der Waals surface area contributed by atoms with Gasteiger partial charge in [-0.2, -0.15) is 0 Å². The molecule has 1 heterocycles. The van der Waals surface area contributed by atoms with Crippen molar-refractivity contribution in [2.24, 2.45) is 15.7 Å². The molecule has 25 heavy (non-hydrogen) atoms. The molecule has 0 amide bonds. The van der Waals surface area contributed by atoms with E-state index in [4.69, 9.17) is 10.5 Å². The molecule has 1 aromatic heterocycles. The van der Waals surface area contributed by atoms with E-state index in [9.17, 15) is 9.90 Å². The van der Waals surface area contributed by atoms with Gasteiger partial charge in [-0.25, -0.2) is 19.8 Å². The van der Waals surface area contributed by atoms with Crippen LogP contribution in [0.15, 0.2) is 34.4 Å². The van der Waals surface area contributed by atoms with Crippen molar-refractivity contribution >= 4 is 29.6 Å². The number of amidine groups is 1. The molecule has 0 saturated heterocycles. The highest BCUT2D eigenvalue weighted by Crippen LogP contribution is 2.31. The summed E-state index contributed by atoms with van der Waals surface area (Å²) in [7, 11) is 3.06. The fourth-order valence-corrected chi connectivity index (χ4v) is 2.10. The van der Waals surface area contributed by atoms with E-state index >= 15 is 0 Å². The maximum absolute atomic E-state index is 11.4. The van der Waals surface area contributed by atoms with Crippen molar-refractivity contribution in [3.05, 3.63) is 41.3 Å². The number of carboxylic acids is 1. The molecule has 2 rings (SSSR count). The van der Waals surface area contributed by atoms with Gasteiger partial charge in [0.2, 0.25) is 0 Å². The summed E-state index contributed by atoms with van der Waals surface area (Å²) >= 11 is 0. The highest BCUT2D eigenvalue weighted by atomic mass is 16.5. The van der Waals surface area contributed by atoms with Crippen LogP contribution in [0.3, 0.4) is 0 Å². The van der Waals surface area contributed by atoms with Crippen LogP contribution in [-0.2, 0) is 0 Å². The number of para-hydroxylation sites is 1. The van der Waals surface area contributed by atoms with Crippen molar-refractivity contribution in [2.45, 2.75) is 6.92 Å². The van der Waals surface area contributed by atoms with Crippen molar-refractivity contribution in [2.75, 3.05) is 19.5 Å². The summed E-state index contributed by atoms with van der Waals surface area (Å²) in [4.78, 5) is 27.2. The normalized spacial score (nSPS) is 11.6. The minimum absolute atomic E-state index is 0.0576. The van der Waals surface area contributed by atoms with Gasteiger partial charge in [0.15, 0.2) is 5.75 Å². The fraction of sp³-hybridized carbons (Fsp3) is 0.188. The predicted molar refractivity (Wildman–Crippen MR) is 95.1 cm³/mol. The number of carbonyl (C=O) groups is 1. The Morgan fingerprint density at radius 2 is 2.16 bits per heavy atom. The van der Waals surface area contributed by atoms with Crippen LogP contribution in [0.5, 0.6) is 5.75 Å². The lowest BCUT2D eigenvalue weighted by atomic mass is 10.1. The zero-order chi connectivity index (χ0) is 18.4. The Morgan fingerprint density at radius 3 is 2.80 bits per heavy atom. The molecule has 9 heteroatoms. The minimum Gasteiger partial charge on any atom is -0.494 e. The van der Waals surface area contributed by atoms with E-state index < -0.39 is 5.97 Å². The van der Waals surface area contributed by atoms with E-state index in [1.54, 1.807) is 32.2 Å². The number of aryl methyl sites for hydroxylation is 1. The maximum Gasteiger partial charge on any atom is 0.341 e. The fourth-order valence-electron chi connectivity index (χ4n) is 2.10. The zero-order valence-electron chi connectivity index (χ0n) is 14.0. The lowest BCUT2D eigenvalue weighted by Crippen LogP contribution is -2.16. The van der Waals surface area contributed by atoms with Crippen molar-refractivity contribution in [3.8, 4) is 5.75 Å². The van der Waals surface area contributed by atoms with Crippen molar-refractivity contribution in [1.29, 1.82) is 0 Å². The summed E-state index contributed by atoms with van der Waals surface area (Å²) in [6.45, 7) is 1.67. The van der Waals surface area contributed by atoms with Crippen LogP contribution < -0.4 is 15.8 Å². The summed E-state index contributed by atoms with van der Waals surface area (Å²) in [5.74, 6) is 0.0612. The van der Waals surface area contributed by atoms with Crippen LogP contribution in [0.2, 0.25) is 0 Å². The number of aromatic carboxylic acids is 1. The van der Waals surface area contributed by atoms with Gasteiger partial charge >= 0.3 is 5.97 Å². The molecule has 0 spiro atoms. The van der Waals surface area contributed by atoms with E-state index in [-0.39, 0.29) is 17.2 Å². The van der Waals surface area contributed by atoms with E-state index in [1.165, 1.54) is 19.6 Å². The first-order valence-electron chi connectivity index (χ1n) is 7.23. The Hall–Kier alpha value is -3.49. The number of nitrogens with one attached hydrogen (secondary N) is 1. The first kappa shape index (κ1) is 17.9. The molecule has 2 aromatic rings. The average Bonchev–Trinajstić information content (AvgIpc) is 2.59. The quantitative estimate of drug-likeness (QED) is 0.536. The highest BCUT2D eigenvalue weighted by Gasteiger charge is 2.17. The number of benzene rings is 1. The number of nitrogens with two attached hydrogens (primary N) is 1. The first-order chi connectivity index (χ1) is 12.0. The summed E-state index contributed by atoms with van der Waals surface area (Å²) in [6.07, 6.45) is 2.57. The largest absolute Gasteiger partial charge is 0.494 e. The SMILES string of the molecule is CN=CN=C(N)c1cccc(Nc2nc(C)ncc2C(=O)O)c1OC. The molecule has 0 aliphatic carbocycles. The first-order valence-corrected chi connectivity index (χ1v) is 7.23. The molecule has 130 valence electrons. The van der Waals surface area contributed by atoms with Crippen LogP contribution in [0.25, 0.3) is 0 Å². The maximum atomic E-state index is 11.4. The van der Waals surface area contributed by atoms with Crippen LogP contribution in [-0.4, -0.2) is 47.4 Å². The molecular weight excluding hydrogens is 324 g/mol. The second-order valence-electron chi connectivity index (χ2n) is 4.88. The summed E-state index contributed by atoms with van der Waals surface area (Å²) < 4.78 is 5.42. The number of nitrogens with zero attached hydrogens (tertiary/aromatic N) is 4. The van der Waals surface area contributed by atoms with E-state index in [0.29, 0.717) is 22.8 Å². The molecule has 0 radical (unpaired) electrons. The van der Waals surface area contributed by atoms with Crippen LogP contribution in [0.1, 0.15) is 21.7 Å². The second kappa shape index (κ2) is 7.86. The van der Waals surface area contributed by atoms with E-state index in [2.05, 4.69) is 25.3 Å². The number of methoxy groups -OCH3 is 1. The number of aliphatic imine (C=N–C) groups is 2. The number of rotatable bonds is 6. The molecule has 0 atom stereocenters. The summed E-state index contributed by atoms with van der Waals surface area (Å²) in [5, 5.41) is 12.3. The molecule has 1 aromatic carbocycles. The van der Waals surface area contributed by atoms with Crippen LogP contribution >= 0.6 is 0 Å². The Balaban J connectivity index is 2.51. The number of anilines is 2.